The van der Waals surface area contributed by atoms with E-state index in [1.807, 2.05) is 39.0 Å². The lowest BCUT2D eigenvalue weighted by Gasteiger charge is -2.38. The molecule has 6 nitrogen and oxygen atoms in total. The molecule has 3 rings (SSSR count). The van der Waals surface area contributed by atoms with Gasteiger partial charge in [-0.25, -0.2) is 8.42 Å². The maximum atomic E-state index is 12.8. The van der Waals surface area contributed by atoms with Crippen molar-refractivity contribution in [2.75, 3.05) is 17.1 Å². The summed E-state index contributed by atoms with van der Waals surface area (Å²) in [7, 11) is -3.52. The fraction of sp³-hybridized carbons (Fsp3) is 0.458. The van der Waals surface area contributed by atoms with E-state index in [1.54, 1.807) is 25.1 Å². The molecular weight excluding hydrogens is 448 g/mol. The molecule has 1 amide bonds. The number of amides is 1. The molecule has 1 N–H and O–H groups in total. The third-order valence-electron chi connectivity index (χ3n) is 5.63. The van der Waals surface area contributed by atoms with Crippen LogP contribution in [-0.4, -0.2) is 32.7 Å². The molecule has 0 saturated heterocycles. The van der Waals surface area contributed by atoms with Crippen molar-refractivity contribution >= 4 is 33.2 Å². The molecule has 0 fully saturated rings. The largest absolute Gasteiger partial charge is 0.487 e. The van der Waals surface area contributed by atoms with Crippen molar-refractivity contribution in [1.82, 2.24) is 5.32 Å². The monoisotopic (exact) mass is 478 g/mol. The highest BCUT2D eigenvalue weighted by atomic mass is 35.5. The molecule has 0 saturated carbocycles. The van der Waals surface area contributed by atoms with Gasteiger partial charge >= 0.3 is 0 Å². The summed E-state index contributed by atoms with van der Waals surface area (Å²) >= 11 is 6.18. The Morgan fingerprint density at radius 2 is 1.97 bits per heavy atom. The minimum Gasteiger partial charge on any atom is -0.487 e. The standard InChI is InChI=1S/C24H31ClN2O4S/c1-16-11-12-22-18(14-16)20(15-24(3,4)31-22)26-23(28)10-7-13-27(32(5,29)30)21-9-6-8-19(25)17(21)2/h6,8-9,11-12,14,20H,7,10,13,15H2,1-5H3,(H,26,28). The number of nitrogens with one attached hydrogen (secondary N) is 1. The van der Waals surface area contributed by atoms with Crippen LogP contribution in [0.1, 0.15) is 55.8 Å². The lowest BCUT2D eigenvalue weighted by Crippen LogP contribution is -2.41. The van der Waals surface area contributed by atoms with Crippen LogP contribution in [-0.2, 0) is 14.8 Å². The quantitative estimate of drug-likeness (QED) is 0.612. The van der Waals surface area contributed by atoms with Crippen LogP contribution in [0.3, 0.4) is 0 Å². The highest BCUT2D eigenvalue weighted by molar-refractivity contribution is 7.92. The van der Waals surface area contributed by atoms with Gasteiger partial charge in [0.2, 0.25) is 15.9 Å². The Labute approximate surface area is 196 Å². The lowest BCUT2D eigenvalue weighted by molar-refractivity contribution is -0.122. The van der Waals surface area contributed by atoms with Crippen molar-refractivity contribution in [2.24, 2.45) is 0 Å². The molecule has 8 heteroatoms. The molecule has 1 aliphatic rings. The fourth-order valence-corrected chi connectivity index (χ4v) is 5.27. The van der Waals surface area contributed by atoms with Gasteiger partial charge in [0.05, 0.1) is 18.0 Å². The van der Waals surface area contributed by atoms with Crippen LogP contribution >= 0.6 is 11.6 Å². The van der Waals surface area contributed by atoms with Gasteiger partial charge in [-0.2, -0.15) is 0 Å². The number of halogens is 1. The Bertz CT molecular complexity index is 1110. The van der Waals surface area contributed by atoms with Gasteiger partial charge in [-0.3, -0.25) is 9.10 Å². The summed E-state index contributed by atoms with van der Waals surface area (Å²) in [6, 6.07) is 11.0. The van der Waals surface area contributed by atoms with E-state index in [0.717, 1.165) is 23.1 Å². The van der Waals surface area contributed by atoms with E-state index in [4.69, 9.17) is 16.3 Å². The number of anilines is 1. The van der Waals surface area contributed by atoms with Gasteiger partial charge in [0.25, 0.3) is 0 Å². The van der Waals surface area contributed by atoms with E-state index in [2.05, 4.69) is 5.32 Å². The summed E-state index contributed by atoms with van der Waals surface area (Å²) in [4.78, 5) is 12.8. The second-order valence-corrected chi connectivity index (χ2v) is 11.4. The van der Waals surface area contributed by atoms with Crippen LogP contribution in [0.25, 0.3) is 0 Å². The number of ether oxygens (including phenoxy) is 1. The summed E-state index contributed by atoms with van der Waals surface area (Å²) in [6.07, 6.45) is 2.42. The average Bonchev–Trinajstić information content (AvgIpc) is 2.67. The van der Waals surface area contributed by atoms with Crippen molar-refractivity contribution in [3.8, 4) is 5.75 Å². The molecule has 2 aromatic rings. The summed E-state index contributed by atoms with van der Waals surface area (Å²) < 4.78 is 32.2. The smallest absolute Gasteiger partial charge is 0.232 e. The predicted octanol–water partition coefficient (Wildman–Crippen LogP) is 4.92. The molecule has 174 valence electrons. The minimum atomic E-state index is -3.52. The number of fused-ring (bicyclic) bond motifs is 1. The van der Waals surface area contributed by atoms with E-state index in [1.165, 1.54) is 4.31 Å². The van der Waals surface area contributed by atoms with Crippen LogP contribution in [0.15, 0.2) is 36.4 Å². The number of nitrogens with zero attached hydrogens (tertiary/aromatic N) is 1. The fourth-order valence-electron chi connectivity index (χ4n) is 4.08. The lowest BCUT2D eigenvalue weighted by atomic mass is 9.89. The SMILES string of the molecule is Cc1ccc2c(c1)C(NC(=O)CCCN(c1cccc(Cl)c1C)S(C)(=O)=O)CC(C)(C)O2. The number of benzene rings is 2. The Morgan fingerprint density at radius 1 is 1.25 bits per heavy atom. The highest BCUT2D eigenvalue weighted by Crippen LogP contribution is 2.40. The van der Waals surface area contributed by atoms with Crippen LogP contribution in [0, 0.1) is 13.8 Å². The molecule has 0 spiro atoms. The van der Waals surface area contributed by atoms with Gasteiger partial charge < -0.3 is 10.1 Å². The second-order valence-electron chi connectivity index (χ2n) is 9.05. The molecule has 1 unspecified atom stereocenters. The van der Waals surface area contributed by atoms with Crippen LogP contribution < -0.4 is 14.4 Å². The molecule has 0 aromatic heterocycles. The van der Waals surface area contributed by atoms with Gasteiger partial charge in [0.15, 0.2) is 0 Å². The van der Waals surface area contributed by atoms with Gasteiger partial charge in [-0.1, -0.05) is 35.4 Å². The van der Waals surface area contributed by atoms with Gasteiger partial charge in [-0.05, 0) is 57.9 Å². The number of sulfonamides is 1. The topological polar surface area (TPSA) is 75.7 Å². The number of rotatable bonds is 7. The number of carbonyl (C=O) groups excluding carboxylic acids is 1. The minimum absolute atomic E-state index is 0.114. The normalized spacial score (nSPS) is 17.2. The van der Waals surface area contributed by atoms with Crippen molar-refractivity contribution in [1.29, 1.82) is 0 Å². The predicted molar refractivity (Wildman–Crippen MR) is 129 cm³/mol. The zero-order chi connectivity index (χ0) is 23.7. The molecule has 32 heavy (non-hydrogen) atoms. The number of aryl methyl sites for hydroxylation is 1. The Balaban J connectivity index is 1.68. The van der Waals surface area contributed by atoms with Crippen LogP contribution in [0.2, 0.25) is 5.02 Å². The molecule has 1 heterocycles. The molecule has 0 bridgehead atoms. The molecule has 1 atom stereocenters. The third-order valence-corrected chi connectivity index (χ3v) is 7.22. The van der Waals surface area contributed by atoms with Crippen LogP contribution in [0.5, 0.6) is 5.75 Å². The van der Waals surface area contributed by atoms with Gasteiger partial charge in [-0.15, -0.1) is 0 Å². The van der Waals surface area contributed by atoms with Gasteiger partial charge in [0.1, 0.15) is 11.4 Å². The molecule has 0 aliphatic carbocycles. The summed E-state index contributed by atoms with van der Waals surface area (Å²) in [6.45, 7) is 8.01. The van der Waals surface area contributed by atoms with Crippen LogP contribution in [0.4, 0.5) is 5.69 Å². The first-order valence-electron chi connectivity index (χ1n) is 10.7. The maximum Gasteiger partial charge on any atom is 0.232 e. The van der Waals surface area contributed by atoms with E-state index < -0.39 is 15.6 Å². The summed E-state index contributed by atoms with van der Waals surface area (Å²) in [5.74, 6) is 0.674. The zero-order valence-corrected chi connectivity index (χ0v) is 20.8. The van der Waals surface area contributed by atoms with Crippen molar-refractivity contribution in [3.63, 3.8) is 0 Å². The number of hydrogen-bond acceptors (Lipinski definition) is 4. The van der Waals surface area contributed by atoms with Gasteiger partial charge in [0, 0.05) is 30.0 Å². The first-order chi connectivity index (χ1) is 14.9. The zero-order valence-electron chi connectivity index (χ0n) is 19.2. The average molecular weight is 479 g/mol. The van der Waals surface area contributed by atoms with E-state index in [0.29, 0.717) is 29.1 Å². The first kappa shape index (κ1) is 24.4. The van der Waals surface area contributed by atoms with E-state index in [-0.39, 0.29) is 24.9 Å². The van der Waals surface area contributed by atoms with Crippen molar-refractivity contribution in [3.05, 3.63) is 58.1 Å². The van der Waals surface area contributed by atoms with E-state index in [9.17, 15) is 13.2 Å². The molecule has 2 aromatic carbocycles. The van der Waals surface area contributed by atoms with Crippen molar-refractivity contribution in [2.45, 2.75) is 58.6 Å². The highest BCUT2D eigenvalue weighted by Gasteiger charge is 2.34. The summed E-state index contributed by atoms with van der Waals surface area (Å²) in [5, 5.41) is 3.63. The van der Waals surface area contributed by atoms with Crippen molar-refractivity contribution < 1.29 is 17.9 Å². The molecular formula is C24H31ClN2O4S. The maximum absolute atomic E-state index is 12.8. The first-order valence-corrected chi connectivity index (χ1v) is 12.9. The second kappa shape index (κ2) is 9.32. The number of hydrogen-bond donors (Lipinski definition) is 1. The number of carbonyl (C=O) groups is 1. The molecule has 0 radical (unpaired) electrons. The Morgan fingerprint density at radius 3 is 2.66 bits per heavy atom. The van der Waals surface area contributed by atoms with E-state index >= 15 is 0 Å². The summed E-state index contributed by atoms with van der Waals surface area (Å²) in [5.41, 5.74) is 2.92. The Kier molecular flexibility index (Phi) is 7.10. The molecule has 1 aliphatic heterocycles. The Hall–Kier alpha value is -2.25. The third kappa shape index (κ3) is 5.75.